The molecule has 0 aromatic heterocycles. The van der Waals surface area contributed by atoms with E-state index in [0.29, 0.717) is 0 Å². The normalized spacial score (nSPS) is 14.1. The fourth-order valence-corrected chi connectivity index (χ4v) is 1.25. The Kier molecular flexibility index (Phi) is 3.01. The Bertz CT molecular complexity index is 316. The first-order valence-corrected chi connectivity index (χ1v) is 3.98. The second kappa shape index (κ2) is 3.74. The highest BCUT2D eigenvalue weighted by Crippen LogP contribution is 2.35. The van der Waals surface area contributed by atoms with Crippen LogP contribution in [-0.4, -0.2) is 6.18 Å². The molecule has 2 N–H and O–H groups in total. The van der Waals surface area contributed by atoms with Gasteiger partial charge in [-0.25, -0.2) is 4.39 Å². The van der Waals surface area contributed by atoms with Gasteiger partial charge in [-0.05, 0) is 12.1 Å². The van der Waals surface area contributed by atoms with Crippen molar-refractivity contribution in [3.05, 3.63) is 34.6 Å². The monoisotopic (exact) mass is 227 g/mol. The summed E-state index contributed by atoms with van der Waals surface area (Å²) in [5.74, 6) is -1.05. The van der Waals surface area contributed by atoms with Crippen molar-refractivity contribution in [2.75, 3.05) is 0 Å². The van der Waals surface area contributed by atoms with Crippen molar-refractivity contribution in [3.8, 4) is 0 Å². The Morgan fingerprint density at radius 1 is 1.29 bits per heavy atom. The maximum absolute atomic E-state index is 13.0. The van der Waals surface area contributed by atoms with Gasteiger partial charge in [0.15, 0.2) is 0 Å². The molecule has 1 nitrogen and oxygen atoms in total. The molecule has 0 aliphatic heterocycles. The average Bonchev–Trinajstić information content (AvgIpc) is 2.01. The van der Waals surface area contributed by atoms with Gasteiger partial charge in [0.05, 0.1) is 0 Å². The molecule has 0 heterocycles. The molecule has 0 aliphatic rings. The van der Waals surface area contributed by atoms with E-state index < -0.39 is 23.6 Å². The molecule has 0 spiro atoms. The van der Waals surface area contributed by atoms with E-state index in [0.717, 1.165) is 12.1 Å². The predicted octanol–water partition coefficient (Wildman–Crippen LogP) is 3.04. The van der Waals surface area contributed by atoms with E-state index in [1.807, 2.05) is 0 Å². The van der Waals surface area contributed by atoms with E-state index in [-0.39, 0.29) is 5.02 Å². The topological polar surface area (TPSA) is 26.0 Å². The molecule has 1 aromatic carbocycles. The van der Waals surface area contributed by atoms with Gasteiger partial charge in [0.1, 0.15) is 11.9 Å². The largest absolute Gasteiger partial charge is 0.407 e. The molecule has 0 fully saturated rings. The highest BCUT2D eigenvalue weighted by molar-refractivity contribution is 6.31. The predicted molar refractivity (Wildman–Crippen MR) is 44.4 cm³/mol. The van der Waals surface area contributed by atoms with Crippen LogP contribution in [0, 0.1) is 5.82 Å². The molecule has 78 valence electrons. The fraction of sp³-hybridized carbons (Fsp3) is 0.250. The Morgan fingerprint density at radius 2 is 1.86 bits per heavy atom. The molecule has 14 heavy (non-hydrogen) atoms. The number of rotatable bonds is 1. The summed E-state index contributed by atoms with van der Waals surface area (Å²) in [6, 6.07) is 0.860. The lowest BCUT2D eigenvalue weighted by Gasteiger charge is -2.17. The van der Waals surface area contributed by atoms with Crippen molar-refractivity contribution in [2.24, 2.45) is 5.73 Å². The van der Waals surface area contributed by atoms with Gasteiger partial charge in [-0.2, -0.15) is 13.2 Å². The molecule has 0 unspecified atom stereocenters. The van der Waals surface area contributed by atoms with Gasteiger partial charge in [-0.15, -0.1) is 0 Å². The minimum absolute atomic E-state index is 0.324. The van der Waals surface area contributed by atoms with E-state index in [2.05, 4.69) is 0 Å². The van der Waals surface area contributed by atoms with Crippen LogP contribution in [-0.2, 0) is 0 Å². The van der Waals surface area contributed by atoms with Gasteiger partial charge in [-0.1, -0.05) is 17.7 Å². The van der Waals surface area contributed by atoms with E-state index >= 15 is 0 Å². The van der Waals surface area contributed by atoms with E-state index in [1.165, 1.54) is 6.07 Å². The van der Waals surface area contributed by atoms with Crippen LogP contribution in [0.5, 0.6) is 0 Å². The average molecular weight is 228 g/mol. The summed E-state index contributed by atoms with van der Waals surface area (Å²) < 4.78 is 49.4. The van der Waals surface area contributed by atoms with Crippen LogP contribution in [0.4, 0.5) is 17.6 Å². The lowest BCUT2D eigenvalue weighted by Crippen LogP contribution is -2.29. The minimum atomic E-state index is -4.70. The molecule has 0 bridgehead atoms. The molecule has 0 aliphatic carbocycles. The Labute approximate surface area is 82.5 Å². The Morgan fingerprint density at radius 3 is 2.29 bits per heavy atom. The lowest BCUT2D eigenvalue weighted by molar-refractivity contribution is -0.149. The van der Waals surface area contributed by atoms with Gasteiger partial charge < -0.3 is 5.73 Å². The Balaban J connectivity index is 3.19. The molecule has 0 amide bonds. The number of halogens is 5. The zero-order valence-electron chi connectivity index (χ0n) is 6.78. The first kappa shape index (κ1) is 11.3. The zero-order chi connectivity index (χ0) is 10.9. The van der Waals surface area contributed by atoms with Gasteiger partial charge >= 0.3 is 6.18 Å². The molecule has 0 radical (unpaired) electrons. The molecule has 6 heteroatoms. The summed E-state index contributed by atoms with van der Waals surface area (Å²) in [6.45, 7) is 0. The summed E-state index contributed by atoms with van der Waals surface area (Å²) in [4.78, 5) is 0. The van der Waals surface area contributed by atoms with Crippen LogP contribution < -0.4 is 5.73 Å². The first-order valence-electron chi connectivity index (χ1n) is 3.60. The SMILES string of the molecule is N[C@@H](c1c(F)cccc1Cl)C(F)(F)F. The van der Waals surface area contributed by atoms with Gasteiger partial charge in [0.2, 0.25) is 0 Å². The minimum Gasteiger partial charge on any atom is -0.316 e. The number of alkyl halides is 3. The molecule has 0 saturated heterocycles. The van der Waals surface area contributed by atoms with Crippen LogP contribution in [0.3, 0.4) is 0 Å². The van der Waals surface area contributed by atoms with Crippen LogP contribution in [0.2, 0.25) is 5.02 Å². The summed E-state index contributed by atoms with van der Waals surface area (Å²) in [5.41, 5.74) is 4.10. The molecule has 0 saturated carbocycles. The van der Waals surface area contributed by atoms with Gasteiger partial charge in [0.25, 0.3) is 0 Å². The van der Waals surface area contributed by atoms with Crippen molar-refractivity contribution in [3.63, 3.8) is 0 Å². The van der Waals surface area contributed by atoms with Crippen molar-refractivity contribution < 1.29 is 17.6 Å². The first-order chi connectivity index (χ1) is 6.34. The third-order valence-corrected chi connectivity index (χ3v) is 1.99. The number of nitrogens with two attached hydrogens (primary N) is 1. The van der Waals surface area contributed by atoms with E-state index in [4.69, 9.17) is 17.3 Å². The highest BCUT2D eigenvalue weighted by Gasteiger charge is 2.40. The zero-order valence-corrected chi connectivity index (χ0v) is 7.53. The molecular formula is C8H6ClF4N. The maximum Gasteiger partial charge on any atom is 0.407 e. The smallest absolute Gasteiger partial charge is 0.316 e. The number of hydrogen-bond acceptors (Lipinski definition) is 1. The van der Waals surface area contributed by atoms with Gasteiger partial charge in [-0.3, -0.25) is 0 Å². The molecule has 1 aromatic rings. The lowest BCUT2D eigenvalue weighted by atomic mass is 10.1. The fourth-order valence-electron chi connectivity index (χ4n) is 0.971. The van der Waals surface area contributed by atoms with Crippen molar-refractivity contribution in [2.45, 2.75) is 12.2 Å². The standard InChI is InChI=1S/C8H6ClF4N/c9-4-2-1-3-5(10)6(4)7(14)8(11,12)13/h1-3,7H,14H2/t7-/m0/s1. The van der Waals surface area contributed by atoms with Crippen LogP contribution in [0.1, 0.15) is 11.6 Å². The van der Waals surface area contributed by atoms with Crippen LogP contribution >= 0.6 is 11.6 Å². The van der Waals surface area contributed by atoms with Crippen molar-refractivity contribution >= 4 is 11.6 Å². The maximum atomic E-state index is 13.0. The second-order valence-corrected chi connectivity index (χ2v) is 3.06. The summed E-state index contributed by atoms with van der Waals surface area (Å²) in [7, 11) is 0. The van der Waals surface area contributed by atoms with E-state index in [9.17, 15) is 17.6 Å². The molecule has 1 rings (SSSR count). The molecular weight excluding hydrogens is 222 g/mol. The summed E-state index contributed by atoms with van der Waals surface area (Å²) in [6.07, 6.45) is -4.70. The van der Waals surface area contributed by atoms with E-state index in [1.54, 1.807) is 0 Å². The second-order valence-electron chi connectivity index (χ2n) is 2.65. The van der Waals surface area contributed by atoms with Crippen molar-refractivity contribution in [1.29, 1.82) is 0 Å². The summed E-state index contributed by atoms with van der Waals surface area (Å²) >= 11 is 5.41. The highest BCUT2D eigenvalue weighted by atomic mass is 35.5. The van der Waals surface area contributed by atoms with Gasteiger partial charge in [0, 0.05) is 10.6 Å². The third kappa shape index (κ3) is 2.16. The van der Waals surface area contributed by atoms with Crippen LogP contribution in [0.15, 0.2) is 18.2 Å². The third-order valence-electron chi connectivity index (χ3n) is 1.66. The summed E-state index contributed by atoms with van der Waals surface area (Å²) in [5, 5.41) is -0.324. The molecule has 1 atom stereocenters. The quantitative estimate of drug-likeness (QED) is 0.734. The Hall–Kier alpha value is -0.810. The van der Waals surface area contributed by atoms with Crippen LogP contribution in [0.25, 0.3) is 0 Å². The number of benzene rings is 1. The number of hydrogen-bond donors (Lipinski definition) is 1. The van der Waals surface area contributed by atoms with Crippen molar-refractivity contribution in [1.82, 2.24) is 0 Å².